The van der Waals surface area contributed by atoms with Gasteiger partial charge in [-0.25, -0.2) is 14.6 Å². The van der Waals surface area contributed by atoms with E-state index in [9.17, 15) is 0 Å². The Balaban J connectivity index is 1.84. The number of benzene rings is 2. The Labute approximate surface area is 145 Å². The fourth-order valence-corrected chi connectivity index (χ4v) is 2.73. The maximum absolute atomic E-state index is 4.73. The van der Waals surface area contributed by atoms with Gasteiger partial charge in [0.1, 0.15) is 0 Å². The van der Waals surface area contributed by atoms with Gasteiger partial charge in [-0.2, -0.15) is 0 Å². The topological polar surface area (TPSA) is 68.5 Å². The molecule has 0 saturated carbocycles. The van der Waals surface area contributed by atoms with Gasteiger partial charge in [0.25, 0.3) is 0 Å². The Morgan fingerprint density at radius 2 is 1.64 bits per heavy atom. The summed E-state index contributed by atoms with van der Waals surface area (Å²) < 4.78 is 1.82. The average molecular weight is 330 g/mol. The molecule has 2 heterocycles. The lowest BCUT2D eigenvalue weighted by Crippen LogP contribution is -2.06. The molecule has 2 aromatic heterocycles. The van der Waals surface area contributed by atoms with Crippen molar-refractivity contribution >= 4 is 17.0 Å². The number of aromatic nitrogens is 5. The number of nitrogens with one attached hydrogen (secondary N) is 1. The van der Waals surface area contributed by atoms with Gasteiger partial charge in [-0.1, -0.05) is 65.9 Å². The predicted molar refractivity (Wildman–Crippen MR) is 98.3 cm³/mol. The van der Waals surface area contributed by atoms with Gasteiger partial charge in [0.2, 0.25) is 0 Å². The number of hydrogen-bond donors (Lipinski definition) is 1. The van der Waals surface area contributed by atoms with E-state index in [2.05, 4.69) is 32.7 Å². The van der Waals surface area contributed by atoms with E-state index in [0.29, 0.717) is 23.7 Å². The van der Waals surface area contributed by atoms with Crippen molar-refractivity contribution in [3.05, 3.63) is 66.2 Å². The lowest BCUT2D eigenvalue weighted by Gasteiger charge is -2.07. The van der Waals surface area contributed by atoms with E-state index in [-0.39, 0.29) is 0 Å². The summed E-state index contributed by atoms with van der Waals surface area (Å²) in [5.74, 6) is 1.38. The van der Waals surface area contributed by atoms with Crippen LogP contribution in [0.15, 0.2) is 60.7 Å². The first-order chi connectivity index (χ1) is 12.3. The molecule has 124 valence electrons. The van der Waals surface area contributed by atoms with Crippen molar-refractivity contribution < 1.29 is 0 Å². The fraction of sp³-hybridized carbons (Fsp3) is 0.158. The minimum Gasteiger partial charge on any atom is -0.368 e. The molecule has 0 atom stereocenters. The van der Waals surface area contributed by atoms with Crippen molar-refractivity contribution in [1.29, 1.82) is 0 Å². The van der Waals surface area contributed by atoms with Gasteiger partial charge in [-0.15, -0.1) is 5.10 Å². The summed E-state index contributed by atoms with van der Waals surface area (Å²) in [5, 5.41) is 11.9. The van der Waals surface area contributed by atoms with Crippen molar-refractivity contribution in [1.82, 2.24) is 25.0 Å². The first-order valence-electron chi connectivity index (χ1n) is 8.29. The Kier molecular flexibility index (Phi) is 4.08. The summed E-state index contributed by atoms with van der Waals surface area (Å²) in [6, 6.07) is 20.1. The summed E-state index contributed by atoms with van der Waals surface area (Å²) in [6.07, 6.45) is 0. The maximum Gasteiger partial charge on any atom is 0.184 e. The molecule has 0 unspecified atom stereocenters. The van der Waals surface area contributed by atoms with E-state index < -0.39 is 0 Å². The van der Waals surface area contributed by atoms with Crippen LogP contribution in [0.25, 0.3) is 22.6 Å². The third kappa shape index (κ3) is 3.06. The quantitative estimate of drug-likeness (QED) is 0.607. The molecule has 0 aliphatic heterocycles. The van der Waals surface area contributed by atoms with E-state index in [1.54, 1.807) is 0 Å². The second-order valence-electron chi connectivity index (χ2n) is 5.70. The molecule has 0 fully saturated rings. The monoisotopic (exact) mass is 330 g/mol. The second-order valence-corrected chi connectivity index (χ2v) is 5.70. The minimum absolute atomic E-state index is 0.619. The third-order valence-corrected chi connectivity index (χ3v) is 3.91. The van der Waals surface area contributed by atoms with Crippen LogP contribution >= 0.6 is 0 Å². The van der Waals surface area contributed by atoms with Crippen LogP contribution in [0.5, 0.6) is 0 Å². The summed E-state index contributed by atoms with van der Waals surface area (Å²) >= 11 is 0. The first-order valence-corrected chi connectivity index (χ1v) is 8.29. The highest BCUT2D eigenvalue weighted by Crippen LogP contribution is 2.23. The van der Waals surface area contributed by atoms with Crippen LogP contribution in [-0.2, 0) is 6.54 Å². The van der Waals surface area contributed by atoms with E-state index in [1.165, 1.54) is 0 Å². The molecule has 0 saturated heterocycles. The highest BCUT2D eigenvalue weighted by molar-refractivity contribution is 5.84. The van der Waals surface area contributed by atoms with E-state index in [1.807, 2.05) is 60.1 Å². The highest BCUT2D eigenvalue weighted by Gasteiger charge is 2.15. The van der Waals surface area contributed by atoms with Crippen molar-refractivity contribution in [3.8, 4) is 11.4 Å². The van der Waals surface area contributed by atoms with Gasteiger partial charge >= 0.3 is 0 Å². The molecule has 0 amide bonds. The van der Waals surface area contributed by atoms with Crippen LogP contribution in [0, 0.1) is 0 Å². The van der Waals surface area contributed by atoms with Crippen molar-refractivity contribution in [3.63, 3.8) is 0 Å². The largest absolute Gasteiger partial charge is 0.368 e. The van der Waals surface area contributed by atoms with Crippen LogP contribution in [0.1, 0.15) is 12.5 Å². The second kappa shape index (κ2) is 6.68. The molecule has 0 radical (unpaired) electrons. The Morgan fingerprint density at radius 3 is 2.36 bits per heavy atom. The predicted octanol–water partition coefficient (Wildman–Crippen LogP) is 3.37. The molecule has 0 aliphatic rings. The summed E-state index contributed by atoms with van der Waals surface area (Å²) in [6.45, 7) is 3.41. The summed E-state index contributed by atoms with van der Waals surface area (Å²) in [7, 11) is 0. The van der Waals surface area contributed by atoms with Gasteiger partial charge in [0.05, 0.1) is 6.54 Å². The summed E-state index contributed by atoms with van der Waals surface area (Å²) in [5.41, 5.74) is 3.54. The molecule has 4 aromatic rings. The molecule has 4 rings (SSSR count). The zero-order chi connectivity index (χ0) is 17.1. The molecule has 25 heavy (non-hydrogen) atoms. The van der Waals surface area contributed by atoms with Crippen LogP contribution in [-0.4, -0.2) is 31.5 Å². The maximum atomic E-state index is 4.73. The van der Waals surface area contributed by atoms with Gasteiger partial charge < -0.3 is 5.32 Å². The smallest absolute Gasteiger partial charge is 0.184 e. The number of nitrogens with zero attached hydrogens (tertiary/aromatic N) is 5. The van der Waals surface area contributed by atoms with Crippen molar-refractivity contribution in [2.45, 2.75) is 13.5 Å². The van der Waals surface area contributed by atoms with Crippen LogP contribution < -0.4 is 5.32 Å². The van der Waals surface area contributed by atoms with Crippen molar-refractivity contribution in [2.75, 3.05) is 11.9 Å². The molecular weight excluding hydrogens is 312 g/mol. The van der Waals surface area contributed by atoms with E-state index >= 15 is 0 Å². The van der Waals surface area contributed by atoms with Crippen molar-refractivity contribution in [2.24, 2.45) is 0 Å². The molecule has 0 aliphatic carbocycles. The lowest BCUT2D eigenvalue weighted by atomic mass is 10.2. The van der Waals surface area contributed by atoms with Gasteiger partial charge in [-0.05, 0) is 12.5 Å². The van der Waals surface area contributed by atoms with Gasteiger partial charge in [-0.3, -0.25) is 0 Å². The highest BCUT2D eigenvalue weighted by atomic mass is 15.4. The van der Waals surface area contributed by atoms with Gasteiger partial charge in [0, 0.05) is 12.1 Å². The molecule has 1 N–H and O–H groups in total. The van der Waals surface area contributed by atoms with Crippen LogP contribution in [0.2, 0.25) is 0 Å². The average Bonchev–Trinajstić information content (AvgIpc) is 3.07. The number of fused-ring (bicyclic) bond motifs is 1. The normalized spacial score (nSPS) is 10.9. The molecule has 0 bridgehead atoms. The van der Waals surface area contributed by atoms with E-state index in [4.69, 9.17) is 4.98 Å². The lowest BCUT2D eigenvalue weighted by molar-refractivity contribution is 0.664. The third-order valence-electron chi connectivity index (χ3n) is 3.91. The first kappa shape index (κ1) is 15.3. The van der Waals surface area contributed by atoms with Crippen LogP contribution in [0.4, 0.5) is 5.82 Å². The molecule has 6 heteroatoms. The fourth-order valence-electron chi connectivity index (χ4n) is 2.73. The zero-order valence-corrected chi connectivity index (χ0v) is 13.9. The Bertz CT molecular complexity index is 979. The molecule has 0 spiro atoms. The molecule has 6 nitrogen and oxygen atoms in total. The van der Waals surface area contributed by atoms with E-state index in [0.717, 1.165) is 23.3 Å². The zero-order valence-electron chi connectivity index (χ0n) is 13.9. The Morgan fingerprint density at radius 1 is 0.920 bits per heavy atom. The number of hydrogen-bond acceptors (Lipinski definition) is 5. The Hall–Kier alpha value is -3.28. The van der Waals surface area contributed by atoms with Crippen LogP contribution in [0.3, 0.4) is 0 Å². The standard InChI is InChI=1S/C19H18N6/c1-2-20-18-16-19(22-17(21-18)15-11-7-4-8-12-15)25(24-23-16)13-14-9-5-3-6-10-14/h3-12H,2,13H2,1H3,(H,20,21,22). The SMILES string of the molecule is CCNc1nc(-c2ccccc2)nc2c1nnn2Cc1ccccc1. The number of rotatable bonds is 5. The number of anilines is 1. The molecule has 2 aromatic carbocycles. The summed E-state index contributed by atoms with van der Waals surface area (Å²) in [4.78, 5) is 9.37. The van der Waals surface area contributed by atoms with Gasteiger partial charge in [0.15, 0.2) is 22.8 Å². The minimum atomic E-state index is 0.619. The molecular formula is C19H18N6.